The number of esters is 1. The maximum atomic E-state index is 14.6. The van der Waals surface area contributed by atoms with Crippen molar-refractivity contribution in [2.45, 2.75) is 70.5 Å². The van der Waals surface area contributed by atoms with E-state index in [-0.39, 0.29) is 18.6 Å². The molecule has 3 unspecified atom stereocenters. The Morgan fingerprint density at radius 1 is 1.25 bits per heavy atom. The van der Waals surface area contributed by atoms with Crippen LogP contribution in [0.15, 0.2) is 30.3 Å². The van der Waals surface area contributed by atoms with Crippen LogP contribution in [0.3, 0.4) is 0 Å². The van der Waals surface area contributed by atoms with Crippen molar-refractivity contribution in [3.05, 3.63) is 35.9 Å². The fourth-order valence-electron chi connectivity index (χ4n) is 3.62. The second-order valence-corrected chi connectivity index (χ2v) is 6.42. The standard InChI is InChI=1S/C19H27F2NO2/c1-4-24-19(23)17-12-8-11-16(18(21)13(2)20)22(17)14(3)15-9-6-5-7-10-15/h5-7,9-10,13-14,16-18H,4,8,11-12H2,1-3H3/t13?,14-,16?,17+,18?/m0/s1. The van der Waals surface area contributed by atoms with Crippen LogP contribution in [0.1, 0.15) is 51.6 Å². The number of piperidine rings is 1. The van der Waals surface area contributed by atoms with E-state index in [1.165, 1.54) is 6.92 Å². The average molecular weight is 339 g/mol. The van der Waals surface area contributed by atoms with E-state index >= 15 is 0 Å². The van der Waals surface area contributed by atoms with Crippen LogP contribution in [0.2, 0.25) is 0 Å². The molecule has 0 saturated carbocycles. The van der Waals surface area contributed by atoms with Crippen molar-refractivity contribution >= 4 is 5.97 Å². The summed E-state index contributed by atoms with van der Waals surface area (Å²) < 4.78 is 33.5. The summed E-state index contributed by atoms with van der Waals surface area (Å²) in [5, 5.41) is 0. The van der Waals surface area contributed by atoms with Gasteiger partial charge in [0, 0.05) is 12.1 Å². The number of ether oxygens (including phenoxy) is 1. The van der Waals surface area contributed by atoms with Gasteiger partial charge in [0.25, 0.3) is 0 Å². The summed E-state index contributed by atoms with van der Waals surface area (Å²) in [7, 11) is 0. The molecule has 5 atom stereocenters. The highest BCUT2D eigenvalue weighted by atomic mass is 19.2. The highest BCUT2D eigenvalue weighted by Gasteiger charge is 2.43. The minimum absolute atomic E-state index is 0.192. The number of rotatable bonds is 6. The Bertz CT molecular complexity index is 523. The van der Waals surface area contributed by atoms with Gasteiger partial charge in [-0.15, -0.1) is 0 Å². The first-order valence-corrected chi connectivity index (χ1v) is 8.74. The second kappa shape index (κ2) is 8.56. The van der Waals surface area contributed by atoms with Crippen molar-refractivity contribution in [2.75, 3.05) is 6.61 Å². The van der Waals surface area contributed by atoms with Crippen molar-refractivity contribution in [1.29, 1.82) is 0 Å². The van der Waals surface area contributed by atoms with Gasteiger partial charge in [-0.2, -0.15) is 0 Å². The Labute approximate surface area is 143 Å². The van der Waals surface area contributed by atoms with E-state index in [2.05, 4.69) is 0 Å². The van der Waals surface area contributed by atoms with Crippen LogP contribution in [-0.4, -0.2) is 41.9 Å². The number of hydrogen-bond donors (Lipinski definition) is 0. The van der Waals surface area contributed by atoms with Gasteiger partial charge >= 0.3 is 5.97 Å². The van der Waals surface area contributed by atoms with E-state index in [4.69, 9.17) is 4.74 Å². The number of carbonyl (C=O) groups is 1. The van der Waals surface area contributed by atoms with Gasteiger partial charge in [-0.1, -0.05) is 30.3 Å². The lowest BCUT2D eigenvalue weighted by Gasteiger charge is -2.45. The first-order valence-electron chi connectivity index (χ1n) is 8.74. The summed E-state index contributed by atoms with van der Waals surface area (Å²) in [6, 6.07) is 8.29. The van der Waals surface area contributed by atoms with Gasteiger partial charge in [-0.25, -0.2) is 8.78 Å². The first kappa shape index (κ1) is 18.8. The molecule has 3 nitrogen and oxygen atoms in total. The normalized spacial score (nSPS) is 25.7. The van der Waals surface area contributed by atoms with Crippen LogP contribution >= 0.6 is 0 Å². The van der Waals surface area contributed by atoms with Crippen LogP contribution in [0.5, 0.6) is 0 Å². The maximum Gasteiger partial charge on any atom is 0.323 e. The van der Waals surface area contributed by atoms with Crippen LogP contribution < -0.4 is 0 Å². The monoisotopic (exact) mass is 339 g/mol. The number of likely N-dealkylation sites (tertiary alicyclic amines) is 1. The molecular weight excluding hydrogens is 312 g/mol. The van der Waals surface area contributed by atoms with Crippen molar-refractivity contribution < 1.29 is 18.3 Å². The van der Waals surface area contributed by atoms with Crippen molar-refractivity contribution in [1.82, 2.24) is 4.90 Å². The number of halogens is 2. The van der Waals surface area contributed by atoms with Gasteiger partial charge in [-0.3, -0.25) is 9.69 Å². The maximum absolute atomic E-state index is 14.6. The van der Waals surface area contributed by atoms with Crippen molar-refractivity contribution in [3.8, 4) is 0 Å². The van der Waals surface area contributed by atoms with Crippen molar-refractivity contribution in [2.24, 2.45) is 0 Å². The van der Waals surface area contributed by atoms with Gasteiger partial charge in [0.2, 0.25) is 0 Å². The highest BCUT2D eigenvalue weighted by molar-refractivity contribution is 5.76. The molecule has 1 aliphatic heterocycles. The number of hydrogen-bond acceptors (Lipinski definition) is 3. The number of carbonyl (C=O) groups excluding carboxylic acids is 1. The second-order valence-electron chi connectivity index (χ2n) is 6.42. The predicted molar refractivity (Wildman–Crippen MR) is 90.2 cm³/mol. The summed E-state index contributed by atoms with van der Waals surface area (Å²) in [4.78, 5) is 14.2. The molecule has 1 aromatic rings. The smallest absolute Gasteiger partial charge is 0.323 e. The predicted octanol–water partition coefficient (Wildman–Crippen LogP) is 4.23. The molecule has 2 rings (SSSR count). The summed E-state index contributed by atoms with van der Waals surface area (Å²) in [6.45, 7) is 5.22. The van der Waals surface area contributed by atoms with Crippen LogP contribution in [0, 0.1) is 0 Å². The zero-order chi connectivity index (χ0) is 17.7. The van der Waals surface area contributed by atoms with E-state index in [1.54, 1.807) is 6.92 Å². The average Bonchev–Trinajstić information content (AvgIpc) is 2.60. The molecule has 1 aromatic carbocycles. The van der Waals surface area contributed by atoms with E-state index in [9.17, 15) is 13.6 Å². The minimum Gasteiger partial charge on any atom is -0.465 e. The Balaban J connectivity index is 2.34. The van der Waals surface area contributed by atoms with E-state index < -0.39 is 24.4 Å². The first-order chi connectivity index (χ1) is 11.5. The number of benzene rings is 1. The lowest BCUT2D eigenvalue weighted by atomic mass is 9.88. The Morgan fingerprint density at radius 2 is 1.92 bits per heavy atom. The fourth-order valence-corrected chi connectivity index (χ4v) is 3.62. The number of nitrogens with zero attached hydrogens (tertiary/aromatic N) is 1. The molecule has 134 valence electrons. The third kappa shape index (κ3) is 4.12. The molecule has 0 radical (unpaired) electrons. The van der Waals surface area contributed by atoms with Gasteiger partial charge in [0.15, 0.2) is 0 Å². The molecule has 0 N–H and O–H groups in total. The molecule has 0 amide bonds. The van der Waals surface area contributed by atoms with Gasteiger partial charge in [0.05, 0.1) is 6.61 Å². The molecule has 5 heteroatoms. The molecule has 1 saturated heterocycles. The van der Waals surface area contributed by atoms with E-state index in [0.29, 0.717) is 19.3 Å². The molecule has 0 aromatic heterocycles. The van der Waals surface area contributed by atoms with Crippen molar-refractivity contribution in [3.63, 3.8) is 0 Å². The summed E-state index contributed by atoms with van der Waals surface area (Å²) in [6.07, 6.45) is -1.34. The Kier molecular flexibility index (Phi) is 6.72. The summed E-state index contributed by atoms with van der Waals surface area (Å²) >= 11 is 0. The van der Waals surface area contributed by atoms with E-state index in [0.717, 1.165) is 5.56 Å². The van der Waals surface area contributed by atoms with E-state index in [1.807, 2.05) is 42.2 Å². The fraction of sp³-hybridized carbons (Fsp3) is 0.632. The largest absolute Gasteiger partial charge is 0.465 e. The van der Waals surface area contributed by atoms with Gasteiger partial charge in [0.1, 0.15) is 18.4 Å². The minimum atomic E-state index is -1.62. The SMILES string of the molecule is CCOC(=O)[C@H]1CCCC(C(F)C(C)F)N1[C@@H](C)c1ccccc1. The lowest BCUT2D eigenvalue weighted by Crippen LogP contribution is -2.56. The molecule has 1 heterocycles. The van der Waals surface area contributed by atoms with Crippen LogP contribution in [-0.2, 0) is 9.53 Å². The molecular formula is C19H27F2NO2. The molecule has 24 heavy (non-hydrogen) atoms. The zero-order valence-electron chi connectivity index (χ0n) is 14.6. The zero-order valence-corrected chi connectivity index (χ0v) is 14.6. The molecule has 0 bridgehead atoms. The number of alkyl halides is 2. The summed E-state index contributed by atoms with van der Waals surface area (Å²) in [5.41, 5.74) is 0.984. The molecule has 1 aliphatic rings. The molecule has 1 fully saturated rings. The topological polar surface area (TPSA) is 29.5 Å². The lowest BCUT2D eigenvalue weighted by molar-refractivity contribution is -0.156. The molecule has 0 spiro atoms. The Hall–Kier alpha value is -1.49. The Morgan fingerprint density at radius 3 is 2.50 bits per heavy atom. The third-order valence-electron chi connectivity index (χ3n) is 4.81. The van der Waals surface area contributed by atoms with Crippen LogP contribution in [0.25, 0.3) is 0 Å². The van der Waals surface area contributed by atoms with Crippen LogP contribution in [0.4, 0.5) is 8.78 Å². The quantitative estimate of drug-likeness (QED) is 0.727. The highest BCUT2D eigenvalue weighted by Crippen LogP contribution is 2.36. The van der Waals surface area contributed by atoms with Gasteiger partial charge < -0.3 is 4.74 Å². The third-order valence-corrected chi connectivity index (χ3v) is 4.81. The summed E-state index contributed by atoms with van der Waals surface area (Å²) in [5.74, 6) is -0.344. The molecule has 0 aliphatic carbocycles. The van der Waals surface area contributed by atoms with Gasteiger partial charge in [-0.05, 0) is 45.6 Å².